The minimum atomic E-state index is -0.220. The molecule has 2 heterocycles. The molecule has 4 rings (SSSR count). The highest BCUT2D eigenvalue weighted by atomic mass is 32.1. The van der Waals surface area contributed by atoms with E-state index in [0.717, 1.165) is 18.5 Å². The number of amides is 2. The van der Waals surface area contributed by atoms with Gasteiger partial charge in [0.1, 0.15) is 12.7 Å². The zero-order chi connectivity index (χ0) is 20.2. The van der Waals surface area contributed by atoms with Crippen LogP contribution in [0.2, 0.25) is 0 Å². The summed E-state index contributed by atoms with van der Waals surface area (Å²) in [6, 6.07) is 11.1. The average molecular weight is 410 g/mol. The Kier molecular flexibility index (Phi) is 5.71. The van der Waals surface area contributed by atoms with Gasteiger partial charge in [-0.1, -0.05) is 19.3 Å². The van der Waals surface area contributed by atoms with Gasteiger partial charge in [0.2, 0.25) is 0 Å². The van der Waals surface area contributed by atoms with Crippen LogP contribution in [0.4, 0.5) is 5.69 Å². The summed E-state index contributed by atoms with van der Waals surface area (Å²) in [7, 11) is 1.87. The second-order valence-corrected chi connectivity index (χ2v) is 8.30. The van der Waals surface area contributed by atoms with E-state index in [1.54, 1.807) is 23.1 Å². The van der Waals surface area contributed by atoms with Crippen molar-refractivity contribution in [3.8, 4) is 5.69 Å². The first-order chi connectivity index (χ1) is 14.1. The summed E-state index contributed by atoms with van der Waals surface area (Å²) in [5, 5.41) is 6.95. The highest BCUT2D eigenvalue weighted by molar-refractivity contribution is 7.16. The SMILES string of the molecule is CN(C(=O)c1ccc(C(=O)Nc2ccc(-n3cncn3)cc2)s1)C1CCCCC1. The summed E-state index contributed by atoms with van der Waals surface area (Å²) in [5.41, 5.74) is 1.54. The lowest BCUT2D eigenvalue weighted by atomic mass is 9.94. The third-order valence-corrected chi connectivity index (χ3v) is 6.36. The monoisotopic (exact) mass is 409 g/mol. The molecule has 0 bridgehead atoms. The number of carbonyl (C=O) groups excluding carboxylic acids is 2. The van der Waals surface area contributed by atoms with Gasteiger partial charge in [-0.2, -0.15) is 5.10 Å². The molecule has 0 aliphatic heterocycles. The van der Waals surface area contributed by atoms with Gasteiger partial charge >= 0.3 is 0 Å². The van der Waals surface area contributed by atoms with Gasteiger partial charge < -0.3 is 10.2 Å². The van der Waals surface area contributed by atoms with Crippen molar-refractivity contribution >= 4 is 28.8 Å². The van der Waals surface area contributed by atoms with Crippen molar-refractivity contribution in [2.24, 2.45) is 0 Å². The van der Waals surface area contributed by atoms with Crippen molar-refractivity contribution in [3.05, 3.63) is 58.8 Å². The third-order valence-electron chi connectivity index (χ3n) is 5.29. The lowest BCUT2D eigenvalue weighted by Crippen LogP contribution is -2.37. The molecule has 1 N–H and O–H groups in total. The molecule has 1 aromatic carbocycles. The Bertz CT molecular complexity index is 975. The quantitative estimate of drug-likeness (QED) is 0.691. The minimum absolute atomic E-state index is 0.00173. The Labute approximate surface area is 173 Å². The first-order valence-corrected chi connectivity index (χ1v) is 10.6. The fourth-order valence-corrected chi connectivity index (χ4v) is 4.50. The first kappa shape index (κ1) is 19.3. The summed E-state index contributed by atoms with van der Waals surface area (Å²) in [6.45, 7) is 0. The lowest BCUT2D eigenvalue weighted by molar-refractivity contribution is 0.0701. The molecular formula is C21H23N5O2S. The van der Waals surface area contributed by atoms with Gasteiger partial charge in [-0.15, -0.1) is 11.3 Å². The van der Waals surface area contributed by atoms with Crippen LogP contribution in [-0.4, -0.2) is 44.6 Å². The lowest BCUT2D eigenvalue weighted by Gasteiger charge is -2.30. The van der Waals surface area contributed by atoms with E-state index in [0.29, 0.717) is 21.5 Å². The summed E-state index contributed by atoms with van der Waals surface area (Å²) in [6.07, 6.45) is 8.81. The molecule has 1 saturated carbocycles. The van der Waals surface area contributed by atoms with E-state index in [9.17, 15) is 9.59 Å². The van der Waals surface area contributed by atoms with E-state index in [-0.39, 0.29) is 11.8 Å². The van der Waals surface area contributed by atoms with Gasteiger partial charge in [-0.25, -0.2) is 9.67 Å². The molecule has 1 aliphatic rings. The van der Waals surface area contributed by atoms with Crippen LogP contribution in [0.5, 0.6) is 0 Å². The van der Waals surface area contributed by atoms with Crippen LogP contribution >= 0.6 is 11.3 Å². The van der Waals surface area contributed by atoms with E-state index >= 15 is 0 Å². The second-order valence-electron chi connectivity index (χ2n) is 7.21. The predicted molar refractivity (Wildman–Crippen MR) is 113 cm³/mol. The summed E-state index contributed by atoms with van der Waals surface area (Å²) < 4.78 is 1.64. The van der Waals surface area contributed by atoms with Crippen LogP contribution in [0.3, 0.4) is 0 Å². The molecular weight excluding hydrogens is 386 g/mol. The molecule has 0 spiro atoms. The van der Waals surface area contributed by atoms with Gasteiger partial charge in [0.25, 0.3) is 11.8 Å². The first-order valence-electron chi connectivity index (χ1n) is 9.75. The normalized spacial score (nSPS) is 14.5. The Morgan fingerprint density at radius 3 is 2.48 bits per heavy atom. The van der Waals surface area contributed by atoms with Crippen molar-refractivity contribution in [1.29, 1.82) is 0 Å². The molecule has 150 valence electrons. The third kappa shape index (κ3) is 4.37. The molecule has 2 amide bonds. The molecule has 0 saturated heterocycles. The highest BCUT2D eigenvalue weighted by Crippen LogP contribution is 2.25. The van der Waals surface area contributed by atoms with E-state index < -0.39 is 0 Å². The number of benzene rings is 1. The molecule has 8 heteroatoms. The molecule has 2 aromatic heterocycles. The molecule has 29 heavy (non-hydrogen) atoms. The number of anilines is 1. The number of carbonyl (C=O) groups is 2. The van der Waals surface area contributed by atoms with Crippen LogP contribution in [0, 0.1) is 0 Å². The molecule has 1 aliphatic carbocycles. The van der Waals surface area contributed by atoms with E-state index in [1.807, 2.05) is 36.2 Å². The van der Waals surface area contributed by atoms with Crippen molar-refractivity contribution in [1.82, 2.24) is 19.7 Å². The molecule has 0 atom stereocenters. The maximum absolute atomic E-state index is 12.8. The van der Waals surface area contributed by atoms with Crippen LogP contribution in [0.1, 0.15) is 51.4 Å². The topological polar surface area (TPSA) is 80.1 Å². The van der Waals surface area contributed by atoms with Crippen molar-refractivity contribution < 1.29 is 9.59 Å². The molecule has 7 nitrogen and oxygen atoms in total. The highest BCUT2D eigenvalue weighted by Gasteiger charge is 2.24. The van der Waals surface area contributed by atoms with Crippen molar-refractivity contribution in [3.63, 3.8) is 0 Å². The van der Waals surface area contributed by atoms with Crippen LogP contribution in [-0.2, 0) is 0 Å². The number of hydrogen-bond donors (Lipinski definition) is 1. The van der Waals surface area contributed by atoms with E-state index in [4.69, 9.17) is 0 Å². The van der Waals surface area contributed by atoms with E-state index in [2.05, 4.69) is 15.4 Å². The number of nitrogens with zero attached hydrogens (tertiary/aromatic N) is 4. The van der Waals surface area contributed by atoms with Crippen molar-refractivity contribution in [2.45, 2.75) is 38.1 Å². The maximum Gasteiger partial charge on any atom is 0.265 e. The molecule has 0 unspecified atom stereocenters. The Morgan fingerprint density at radius 1 is 1.07 bits per heavy atom. The fourth-order valence-electron chi connectivity index (χ4n) is 3.61. The number of nitrogens with one attached hydrogen (secondary N) is 1. The molecule has 3 aromatic rings. The van der Waals surface area contributed by atoms with Gasteiger partial charge in [0.15, 0.2) is 0 Å². The zero-order valence-corrected chi connectivity index (χ0v) is 17.1. The van der Waals surface area contributed by atoms with Gasteiger partial charge in [0.05, 0.1) is 15.4 Å². The number of hydrogen-bond acceptors (Lipinski definition) is 5. The Morgan fingerprint density at radius 2 is 1.79 bits per heavy atom. The van der Waals surface area contributed by atoms with Gasteiger partial charge in [0, 0.05) is 18.8 Å². The van der Waals surface area contributed by atoms with Crippen LogP contribution < -0.4 is 5.32 Å². The summed E-state index contributed by atoms with van der Waals surface area (Å²) >= 11 is 1.24. The number of rotatable bonds is 5. The number of thiophene rings is 1. The fraction of sp³-hybridized carbons (Fsp3) is 0.333. The number of aromatic nitrogens is 3. The van der Waals surface area contributed by atoms with Gasteiger partial charge in [-0.3, -0.25) is 9.59 Å². The average Bonchev–Trinajstić information content (AvgIpc) is 3.46. The Hall–Kier alpha value is -3.00. The minimum Gasteiger partial charge on any atom is -0.338 e. The maximum atomic E-state index is 12.8. The van der Waals surface area contributed by atoms with E-state index in [1.165, 1.54) is 36.9 Å². The summed E-state index contributed by atoms with van der Waals surface area (Å²) in [5.74, 6) is -0.221. The second kappa shape index (κ2) is 8.57. The smallest absolute Gasteiger partial charge is 0.265 e. The largest absolute Gasteiger partial charge is 0.338 e. The standard InChI is InChI=1S/C21H23N5O2S/c1-25(16-5-3-2-4-6-16)21(28)19-12-11-18(29-19)20(27)24-15-7-9-17(10-8-15)26-14-22-13-23-26/h7-14,16H,2-6H2,1H3,(H,24,27). The van der Waals surface area contributed by atoms with Crippen LogP contribution in [0.25, 0.3) is 5.69 Å². The van der Waals surface area contributed by atoms with Crippen LogP contribution in [0.15, 0.2) is 49.1 Å². The van der Waals surface area contributed by atoms with Gasteiger partial charge in [-0.05, 0) is 49.2 Å². The Balaban J connectivity index is 1.39. The molecule has 1 fully saturated rings. The summed E-state index contributed by atoms with van der Waals surface area (Å²) in [4.78, 5) is 32.2. The van der Waals surface area contributed by atoms with Crippen molar-refractivity contribution in [2.75, 3.05) is 12.4 Å². The predicted octanol–water partition coefficient (Wildman–Crippen LogP) is 3.99. The zero-order valence-electron chi connectivity index (χ0n) is 16.2. The molecule has 0 radical (unpaired) electrons.